The van der Waals surface area contributed by atoms with Crippen molar-refractivity contribution in [2.75, 3.05) is 37.6 Å². The summed E-state index contributed by atoms with van der Waals surface area (Å²) in [6.45, 7) is 4.53. The van der Waals surface area contributed by atoms with E-state index in [1.165, 1.54) is 25.9 Å². The topological polar surface area (TPSA) is 64.7 Å². The van der Waals surface area contributed by atoms with Crippen molar-refractivity contribution in [3.05, 3.63) is 29.3 Å². The summed E-state index contributed by atoms with van der Waals surface area (Å²) >= 11 is 5.88. The van der Waals surface area contributed by atoms with Crippen LogP contribution in [0, 0.1) is 0 Å². The average Bonchev–Trinajstić information content (AvgIpc) is 3.22. The zero-order chi connectivity index (χ0) is 17.6. The van der Waals surface area contributed by atoms with Gasteiger partial charge in [-0.2, -0.15) is 0 Å². The number of anilines is 1. The second-order valence-electron chi connectivity index (χ2n) is 6.68. The van der Waals surface area contributed by atoms with E-state index in [0.29, 0.717) is 24.5 Å². The van der Waals surface area contributed by atoms with Crippen molar-refractivity contribution >= 4 is 29.2 Å². The molecular formula is C18H25ClN4O2. The number of likely N-dealkylation sites (tertiary alicyclic amines) is 1. The second kappa shape index (κ2) is 8.54. The maximum absolute atomic E-state index is 12.2. The highest BCUT2D eigenvalue weighted by Gasteiger charge is 2.31. The molecule has 2 N–H and O–H groups in total. The Morgan fingerprint density at radius 3 is 2.64 bits per heavy atom. The first-order chi connectivity index (χ1) is 12.1. The number of nitrogens with one attached hydrogen (secondary N) is 2. The summed E-state index contributed by atoms with van der Waals surface area (Å²) in [6.07, 6.45) is 3.85. The van der Waals surface area contributed by atoms with Crippen LogP contribution in [0.15, 0.2) is 24.3 Å². The molecule has 1 aromatic rings. The molecule has 7 heteroatoms. The standard InChI is InChI=1S/C18H25ClN4O2/c19-14-4-6-16(7-5-14)23-13-15(12-17(23)24)21-18(25)20-8-3-11-22-9-1-2-10-22/h4-7,15H,1-3,8-13H2,(H2,20,21,25)/t15-/m0/s1. The summed E-state index contributed by atoms with van der Waals surface area (Å²) in [7, 11) is 0. The Balaban J connectivity index is 1.38. The fourth-order valence-electron chi connectivity index (χ4n) is 3.42. The number of rotatable bonds is 6. The van der Waals surface area contributed by atoms with Crippen LogP contribution in [0.25, 0.3) is 0 Å². The van der Waals surface area contributed by atoms with Crippen LogP contribution in [0.1, 0.15) is 25.7 Å². The lowest BCUT2D eigenvalue weighted by molar-refractivity contribution is -0.117. The molecule has 0 bridgehead atoms. The number of urea groups is 1. The van der Waals surface area contributed by atoms with E-state index in [0.717, 1.165) is 18.7 Å². The summed E-state index contributed by atoms with van der Waals surface area (Å²) < 4.78 is 0. The minimum atomic E-state index is -0.197. The molecular weight excluding hydrogens is 340 g/mol. The zero-order valence-electron chi connectivity index (χ0n) is 14.3. The van der Waals surface area contributed by atoms with Gasteiger partial charge in [-0.05, 0) is 63.2 Å². The molecule has 2 fully saturated rings. The number of nitrogens with zero attached hydrogens (tertiary/aromatic N) is 2. The molecule has 3 amide bonds. The van der Waals surface area contributed by atoms with Crippen LogP contribution in [-0.4, -0.2) is 55.6 Å². The van der Waals surface area contributed by atoms with Crippen LogP contribution in [-0.2, 0) is 4.79 Å². The normalized spacial score (nSPS) is 20.9. The molecule has 0 aliphatic carbocycles. The minimum absolute atomic E-state index is 0.0154. The molecule has 0 saturated carbocycles. The van der Waals surface area contributed by atoms with E-state index in [9.17, 15) is 9.59 Å². The van der Waals surface area contributed by atoms with Crippen LogP contribution in [0.2, 0.25) is 5.02 Å². The van der Waals surface area contributed by atoms with Gasteiger partial charge >= 0.3 is 6.03 Å². The quantitative estimate of drug-likeness (QED) is 0.761. The molecule has 2 aliphatic rings. The summed E-state index contributed by atoms with van der Waals surface area (Å²) in [5.41, 5.74) is 0.810. The molecule has 1 atom stereocenters. The van der Waals surface area contributed by atoms with Crippen molar-refractivity contribution in [3.63, 3.8) is 0 Å². The first-order valence-electron chi connectivity index (χ1n) is 8.94. The monoisotopic (exact) mass is 364 g/mol. The Labute approximate surface area is 153 Å². The van der Waals surface area contributed by atoms with Crippen molar-refractivity contribution in [3.8, 4) is 0 Å². The predicted octanol–water partition coefficient (Wildman–Crippen LogP) is 2.23. The summed E-state index contributed by atoms with van der Waals surface area (Å²) in [5.74, 6) is 0.0154. The molecule has 2 heterocycles. The van der Waals surface area contributed by atoms with E-state index in [2.05, 4.69) is 15.5 Å². The third-order valence-electron chi connectivity index (χ3n) is 4.73. The summed E-state index contributed by atoms with van der Waals surface area (Å²) in [5, 5.41) is 6.42. The Bertz CT molecular complexity index is 602. The van der Waals surface area contributed by atoms with Gasteiger partial charge in [0, 0.05) is 30.2 Å². The van der Waals surface area contributed by atoms with Gasteiger partial charge in [0.25, 0.3) is 0 Å². The molecule has 1 aromatic carbocycles. The van der Waals surface area contributed by atoms with Crippen LogP contribution < -0.4 is 15.5 Å². The van der Waals surface area contributed by atoms with Gasteiger partial charge in [-0.3, -0.25) is 4.79 Å². The maximum Gasteiger partial charge on any atom is 0.315 e. The highest BCUT2D eigenvalue weighted by molar-refractivity contribution is 6.30. The highest BCUT2D eigenvalue weighted by atomic mass is 35.5. The number of hydrogen-bond donors (Lipinski definition) is 2. The number of hydrogen-bond acceptors (Lipinski definition) is 3. The highest BCUT2D eigenvalue weighted by Crippen LogP contribution is 2.23. The lowest BCUT2D eigenvalue weighted by Gasteiger charge is -2.18. The Kier molecular flexibility index (Phi) is 6.15. The van der Waals surface area contributed by atoms with E-state index >= 15 is 0 Å². The van der Waals surface area contributed by atoms with Gasteiger partial charge in [0.05, 0.1) is 6.04 Å². The third kappa shape index (κ3) is 5.09. The summed E-state index contributed by atoms with van der Waals surface area (Å²) in [4.78, 5) is 28.3. The fraction of sp³-hybridized carbons (Fsp3) is 0.556. The van der Waals surface area contributed by atoms with Crippen molar-refractivity contribution in [1.82, 2.24) is 15.5 Å². The summed E-state index contributed by atoms with van der Waals surface area (Å²) in [6, 6.07) is 6.80. The first kappa shape index (κ1) is 18.0. The third-order valence-corrected chi connectivity index (χ3v) is 4.99. The van der Waals surface area contributed by atoms with Gasteiger partial charge in [0.15, 0.2) is 0 Å². The second-order valence-corrected chi connectivity index (χ2v) is 7.12. The Morgan fingerprint density at radius 2 is 1.92 bits per heavy atom. The van der Waals surface area contributed by atoms with Crippen LogP contribution >= 0.6 is 11.6 Å². The molecule has 0 unspecified atom stereocenters. The minimum Gasteiger partial charge on any atom is -0.338 e. The molecule has 0 radical (unpaired) electrons. The Morgan fingerprint density at radius 1 is 1.20 bits per heavy atom. The van der Waals surface area contributed by atoms with Crippen LogP contribution in [0.4, 0.5) is 10.5 Å². The SMILES string of the molecule is O=C(NCCCN1CCCC1)N[C@H]1CC(=O)N(c2ccc(Cl)cc2)C1. The predicted molar refractivity (Wildman–Crippen MR) is 99.0 cm³/mol. The van der Waals surface area contributed by atoms with E-state index in [-0.39, 0.29) is 18.0 Å². The van der Waals surface area contributed by atoms with Gasteiger partial charge in [0.1, 0.15) is 0 Å². The average molecular weight is 365 g/mol. The molecule has 25 heavy (non-hydrogen) atoms. The van der Waals surface area contributed by atoms with Crippen molar-refractivity contribution in [2.45, 2.75) is 31.7 Å². The van der Waals surface area contributed by atoms with E-state index < -0.39 is 0 Å². The van der Waals surface area contributed by atoms with Gasteiger partial charge in [-0.1, -0.05) is 11.6 Å². The number of benzene rings is 1. The maximum atomic E-state index is 12.2. The van der Waals surface area contributed by atoms with Crippen molar-refractivity contribution in [2.24, 2.45) is 0 Å². The van der Waals surface area contributed by atoms with Gasteiger partial charge < -0.3 is 20.4 Å². The van der Waals surface area contributed by atoms with E-state index in [1.807, 2.05) is 12.1 Å². The lowest BCUT2D eigenvalue weighted by atomic mass is 10.2. The van der Waals surface area contributed by atoms with Gasteiger partial charge in [-0.15, -0.1) is 0 Å². The number of carbonyl (C=O) groups excluding carboxylic acids is 2. The van der Waals surface area contributed by atoms with Gasteiger partial charge in [0.2, 0.25) is 5.91 Å². The number of carbonyl (C=O) groups is 2. The van der Waals surface area contributed by atoms with Gasteiger partial charge in [-0.25, -0.2) is 4.79 Å². The Hall–Kier alpha value is -1.79. The van der Waals surface area contributed by atoms with Crippen molar-refractivity contribution in [1.29, 1.82) is 0 Å². The zero-order valence-corrected chi connectivity index (χ0v) is 15.1. The van der Waals surface area contributed by atoms with Crippen LogP contribution in [0.5, 0.6) is 0 Å². The van der Waals surface area contributed by atoms with Crippen LogP contribution in [0.3, 0.4) is 0 Å². The lowest BCUT2D eigenvalue weighted by Crippen LogP contribution is -2.44. The van der Waals surface area contributed by atoms with Crippen molar-refractivity contribution < 1.29 is 9.59 Å². The number of halogens is 1. The molecule has 0 aromatic heterocycles. The molecule has 6 nitrogen and oxygen atoms in total. The van der Waals surface area contributed by atoms with E-state index in [1.54, 1.807) is 17.0 Å². The number of amides is 3. The first-order valence-corrected chi connectivity index (χ1v) is 9.32. The molecule has 136 valence electrons. The molecule has 3 rings (SSSR count). The smallest absolute Gasteiger partial charge is 0.315 e. The largest absolute Gasteiger partial charge is 0.338 e. The molecule has 0 spiro atoms. The fourth-order valence-corrected chi connectivity index (χ4v) is 3.55. The molecule has 2 aliphatic heterocycles. The van der Waals surface area contributed by atoms with E-state index in [4.69, 9.17) is 11.6 Å². The molecule has 2 saturated heterocycles.